The second-order valence-corrected chi connectivity index (χ2v) is 6.04. The van der Waals surface area contributed by atoms with Gasteiger partial charge in [-0.25, -0.2) is 4.98 Å². The summed E-state index contributed by atoms with van der Waals surface area (Å²) in [7, 11) is 0. The molecule has 1 heterocycles. The lowest BCUT2D eigenvalue weighted by atomic mass is 10.0. The summed E-state index contributed by atoms with van der Waals surface area (Å²) in [6, 6.07) is 10.4. The quantitative estimate of drug-likeness (QED) is 0.478. The zero-order valence-corrected chi connectivity index (χ0v) is 13.3. The van der Waals surface area contributed by atoms with Crippen LogP contribution in [0.1, 0.15) is 11.1 Å². The summed E-state index contributed by atoms with van der Waals surface area (Å²) in [6.07, 6.45) is 0. The van der Waals surface area contributed by atoms with Crippen molar-refractivity contribution >= 4 is 53.7 Å². The van der Waals surface area contributed by atoms with Crippen LogP contribution in [0.3, 0.4) is 0 Å². The fraction of sp³-hybridized carbons (Fsp3) is 0.133. The highest BCUT2D eigenvalue weighted by Crippen LogP contribution is 2.37. The van der Waals surface area contributed by atoms with Crippen molar-refractivity contribution in [1.29, 1.82) is 0 Å². The minimum absolute atomic E-state index is 1.04. The summed E-state index contributed by atoms with van der Waals surface area (Å²) in [5.41, 5.74) is 4.57. The first-order chi connectivity index (χ1) is 8.59. The summed E-state index contributed by atoms with van der Waals surface area (Å²) in [5, 5.41) is 2.32. The van der Waals surface area contributed by atoms with Crippen LogP contribution in [0, 0.1) is 13.8 Å². The SMILES string of the molecule is Cc1c(Br)c(Br)c2cc3ccccc3nc2c1C. The predicted octanol–water partition coefficient (Wildman–Crippen LogP) is 5.53. The molecule has 0 bridgehead atoms. The van der Waals surface area contributed by atoms with Crippen LogP contribution >= 0.6 is 31.9 Å². The molecule has 0 atom stereocenters. The van der Waals surface area contributed by atoms with Crippen molar-refractivity contribution in [3.63, 3.8) is 0 Å². The van der Waals surface area contributed by atoms with Crippen LogP contribution in [0.15, 0.2) is 39.3 Å². The molecule has 0 aliphatic heterocycles. The fourth-order valence-corrected chi connectivity index (χ4v) is 3.30. The molecule has 0 spiro atoms. The van der Waals surface area contributed by atoms with E-state index >= 15 is 0 Å². The van der Waals surface area contributed by atoms with Gasteiger partial charge in [0.25, 0.3) is 0 Å². The largest absolute Gasteiger partial charge is 0.247 e. The summed E-state index contributed by atoms with van der Waals surface area (Å²) >= 11 is 7.31. The van der Waals surface area contributed by atoms with Crippen LogP contribution in [0.4, 0.5) is 0 Å². The van der Waals surface area contributed by atoms with E-state index in [2.05, 4.69) is 63.9 Å². The molecule has 0 N–H and O–H groups in total. The molecule has 0 unspecified atom stereocenters. The summed E-state index contributed by atoms with van der Waals surface area (Å²) in [4.78, 5) is 4.79. The number of halogens is 2. The van der Waals surface area contributed by atoms with Crippen molar-refractivity contribution in [3.8, 4) is 0 Å². The van der Waals surface area contributed by atoms with E-state index < -0.39 is 0 Å². The molecule has 0 radical (unpaired) electrons. The molecule has 0 amide bonds. The Kier molecular flexibility index (Phi) is 2.91. The number of aromatic nitrogens is 1. The molecule has 1 nitrogen and oxygen atoms in total. The van der Waals surface area contributed by atoms with Crippen LogP contribution in [0.2, 0.25) is 0 Å². The number of rotatable bonds is 0. The van der Waals surface area contributed by atoms with Crippen LogP contribution in [0.5, 0.6) is 0 Å². The lowest BCUT2D eigenvalue weighted by molar-refractivity contribution is 1.31. The first-order valence-electron chi connectivity index (χ1n) is 5.73. The van der Waals surface area contributed by atoms with E-state index in [1.807, 2.05) is 12.1 Å². The maximum atomic E-state index is 4.79. The van der Waals surface area contributed by atoms with Crippen molar-refractivity contribution in [3.05, 3.63) is 50.4 Å². The molecule has 0 aliphatic carbocycles. The third-order valence-electron chi connectivity index (χ3n) is 3.40. The van der Waals surface area contributed by atoms with Gasteiger partial charge in [-0.15, -0.1) is 0 Å². The normalized spacial score (nSPS) is 11.3. The summed E-state index contributed by atoms with van der Waals surface area (Å²) < 4.78 is 2.20. The van der Waals surface area contributed by atoms with Gasteiger partial charge in [-0.2, -0.15) is 0 Å². The number of para-hydroxylation sites is 1. The fourth-order valence-electron chi connectivity index (χ4n) is 2.19. The zero-order chi connectivity index (χ0) is 12.9. The van der Waals surface area contributed by atoms with E-state index in [0.29, 0.717) is 0 Å². The van der Waals surface area contributed by atoms with Gasteiger partial charge in [-0.05, 0) is 69.0 Å². The standard InChI is InChI=1S/C15H11Br2N/c1-8-9(2)15-11(14(17)13(8)16)7-10-5-3-4-6-12(10)18-15/h3-7H,1-2H3. The van der Waals surface area contributed by atoms with E-state index in [1.165, 1.54) is 16.5 Å². The predicted molar refractivity (Wildman–Crippen MR) is 84.1 cm³/mol. The van der Waals surface area contributed by atoms with Crippen molar-refractivity contribution < 1.29 is 0 Å². The van der Waals surface area contributed by atoms with E-state index in [9.17, 15) is 0 Å². The molecule has 2 aromatic carbocycles. The average Bonchev–Trinajstić information content (AvgIpc) is 2.41. The Labute approximate surface area is 122 Å². The topological polar surface area (TPSA) is 12.9 Å². The highest BCUT2D eigenvalue weighted by Gasteiger charge is 2.12. The van der Waals surface area contributed by atoms with Crippen LogP contribution in [-0.2, 0) is 0 Å². The molecule has 3 heteroatoms. The van der Waals surface area contributed by atoms with Gasteiger partial charge in [0.05, 0.1) is 11.0 Å². The van der Waals surface area contributed by atoms with Crippen LogP contribution in [-0.4, -0.2) is 4.98 Å². The Morgan fingerprint density at radius 2 is 1.67 bits per heavy atom. The smallest absolute Gasteiger partial charge is 0.0753 e. The molecule has 0 fully saturated rings. The minimum Gasteiger partial charge on any atom is -0.247 e. The molecule has 1 aromatic heterocycles. The van der Waals surface area contributed by atoms with Gasteiger partial charge in [-0.1, -0.05) is 18.2 Å². The number of benzene rings is 2. The second kappa shape index (κ2) is 4.32. The second-order valence-electron chi connectivity index (χ2n) is 4.46. The Bertz CT molecular complexity index is 712. The Morgan fingerprint density at radius 1 is 0.944 bits per heavy atom. The summed E-state index contributed by atoms with van der Waals surface area (Å²) in [5.74, 6) is 0. The van der Waals surface area contributed by atoms with Crippen molar-refractivity contribution in [2.45, 2.75) is 13.8 Å². The first kappa shape index (κ1) is 12.1. The molecule has 18 heavy (non-hydrogen) atoms. The number of hydrogen-bond acceptors (Lipinski definition) is 1. The highest BCUT2D eigenvalue weighted by atomic mass is 79.9. The van der Waals surface area contributed by atoms with Gasteiger partial charge in [0, 0.05) is 19.7 Å². The van der Waals surface area contributed by atoms with Gasteiger partial charge in [0.15, 0.2) is 0 Å². The maximum absolute atomic E-state index is 4.79. The minimum atomic E-state index is 1.04. The number of nitrogens with zero attached hydrogens (tertiary/aromatic N) is 1. The summed E-state index contributed by atoms with van der Waals surface area (Å²) in [6.45, 7) is 4.23. The lowest BCUT2D eigenvalue weighted by Crippen LogP contribution is -1.92. The molecule has 0 aliphatic rings. The average molecular weight is 365 g/mol. The first-order valence-corrected chi connectivity index (χ1v) is 7.32. The molecular weight excluding hydrogens is 354 g/mol. The van der Waals surface area contributed by atoms with E-state index in [1.54, 1.807) is 0 Å². The number of aryl methyl sites for hydroxylation is 1. The Balaban J connectivity index is 2.58. The van der Waals surface area contributed by atoms with E-state index in [0.717, 1.165) is 25.4 Å². The lowest BCUT2D eigenvalue weighted by Gasteiger charge is -2.12. The number of hydrogen-bond donors (Lipinski definition) is 0. The molecule has 90 valence electrons. The molecular formula is C15H11Br2N. The van der Waals surface area contributed by atoms with Crippen molar-refractivity contribution in [2.75, 3.05) is 0 Å². The Hall–Kier alpha value is -0.930. The molecule has 0 saturated heterocycles. The number of fused-ring (bicyclic) bond motifs is 2. The van der Waals surface area contributed by atoms with Crippen molar-refractivity contribution in [2.24, 2.45) is 0 Å². The van der Waals surface area contributed by atoms with Gasteiger partial charge >= 0.3 is 0 Å². The third kappa shape index (κ3) is 1.69. The third-order valence-corrected chi connectivity index (χ3v) is 5.75. The maximum Gasteiger partial charge on any atom is 0.0753 e. The van der Waals surface area contributed by atoms with Crippen LogP contribution < -0.4 is 0 Å². The van der Waals surface area contributed by atoms with Gasteiger partial charge in [0.1, 0.15) is 0 Å². The van der Waals surface area contributed by atoms with Gasteiger partial charge in [0.2, 0.25) is 0 Å². The van der Waals surface area contributed by atoms with E-state index in [4.69, 9.17) is 4.98 Å². The highest BCUT2D eigenvalue weighted by molar-refractivity contribution is 9.13. The number of pyridine rings is 1. The van der Waals surface area contributed by atoms with Gasteiger partial charge in [-0.3, -0.25) is 0 Å². The molecule has 3 rings (SSSR count). The zero-order valence-electron chi connectivity index (χ0n) is 10.1. The monoisotopic (exact) mass is 363 g/mol. The molecule has 3 aromatic rings. The van der Waals surface area contributed by atoms with Crippen molar-refractivity contribution in [1.82, 2.24) is 4.98 Å². The Morgan fingerprint density at radius 3 is 2.44 bits per heavy atom. The molecule has 0 saturated carbocycles. The van der Waals surface area contributed by atoms with Gasteiger partial charge < -0.3 is 0 Å². The van der Waals surface area contributed by atoms with Crippen LogP contribution in [0.25, 0.3) is 21.8 Å². The van der Waals surface area contributed by atoms with E-state index in [-0.39, 0.29) is 0 Å².